The summed E-state index contributed by atoms with van der Waals surface area (Å²) in [5, 5.41) is 12.6. The summed E-state index contributed by atoms with van der Waals surface area (Å²) in [7, 11) is 1.85. The van der Waals surface area contributed by atoms with Gasteiger partial charge in [-0.05, 0) is 44.2 Å². The van der Waals surface area contributed by atoms with Crippen molar-refractivity contribution < 1.29 is 22.4 Å². The van der Waals surface area contributed by atoms with Crippen LogP contribution in [0.5, 0.6) is 5.75 Å². The summed E-state index contributed by atoms with van der Waals surface area (Å²) >= 11 is 0. The molecule has 0 saturated heterocycles. The predicted octanol–water partition coefficient (Wildman–Crippen LogP) is 3.29. The van der Waals surface area contributed by atoms with Crippen LogP contribution < -0.4 is 4.74 Å². The van der Waals surface area contributed by atoms with E-state index in [0.29, 0.717) is 17.9 Å². The highest BCUT2D eigenvalue weighted by molar-refractivity contribution is 5.57. The highest BCUT2D eigenvalue weighted by Crippen LogP contribution is 2.26. The Morgan fingerprint density at radius 2 is 1.77 bits per heavy atom. The second-order valence-corrected chi connectivity index (χ2v) is 6.54. The van der Waals surface area contributed by atoms with Gasteiger partial charge >= 0.3 is 6.36 Å². The Hall–Kier alpha value is -3.70. The molecule has 0 aliphatic heterocycles. The maximum atomic E-state index is 12.3. The van der Waals surface area contributed by atoms with E-state index in [1.54, 1.807) is 16.3 Å². The molecule has 4 aromatic rings. The molecule has 9 nitrogen and oxygen atoms in total. The Morgan fingerprint density at radius 1 is 1.03 bits per heavy atom. The fourth-order valence-corrected chi connectivity index (χ4v) is 2.86. The monoisotopic (exact) mass is 419 g/mol. The third-order valence-electron chi connectivity index (χ3n) is 4.23. The number of alkyl halides is 3. The van der Waals surface area contributed by atoms with Crippen molar-refractivity contribution in [2.24, 2.45) is 7.05 Å². The number of aryl methyl sites for hydroxylation is 3. The molecule has 0 aliphatic rings. The Morgan fingerprint density at radius 3 is 2.40 bits per heavy atom. The number of hydrogen-bond acceptors (Lipinski definition) is 7. The van der Waals surface area contributed by atoms with E-state index in [4.69, 9.17) is 4.52 Å². The zero-order valence-electron chi connectivity index (χ0n) is 16.2. The molecule has 156 valence electrons. The SMILES string of the molecule is Cc1cc(Cn2nc(-c3nc(-c4ccc(OC(F)(F)F)cc4)no3)nc2C)n(C)n1. The first-order valence-corrected chi connectivity index (χ1v) is 8.79. The number of benzene rings is 1. The first-order chi connectivity index (χ1) is 14.2. The molecule has 0 unspecified atom stereocenters. The summed E-state index contributed by atoms with van der Waals surface area (Å²) in [4.78, 5) is 8.60. The van der Waals surface area contributed by atoms with Crippen LogP contribution in [0.25, 0.3) is 23.1 Å². The topological polar surface area (TPSA) is 96.7 Å². The Labute approximate surface area is 168 Å². The zero-order valence-corrected chi connectivity index (χ0v) is 16.2. The average Bonchev–Trinajstić information content (AvgIpc) is 3.35. The van der Waals surface area contributed by atoms with Gasteiger partial charge in [-0.3, -0.25) is 4.68 Å². The molecule has 0 N–H and O–H groups in total. The smallest absolute Gasteiger partial charge is 0.406 e. The van der Waals surface area contributed by atoms with Crippen molar-refractivity contribution in [3.8, 4) is 28.9 Å². The van der Waals surface area contributed by atoms with Gasteiger partial charge in [0.15, 0.2) is 0 Å². The molecule has 0 aliphatic carbocycles. The van der Waals surface area contributed by atoms with Crippen molar-refractivity contribution in [2.45, 2.75) is 26.8 Å². The Balaban J connectivity index is 1.53. The molecule has 0 radical (unpaired) electrons. The summed E-state index contributed by atoms with van der Waals surface area (Å²) in [5.41, 5.74) is 2.32. The van der Waals surface area contributed by atoms with Gasteiger partial charge < -0.3 is 9.26 Å². The molecule has 0 spiro atoms. The predicted molar refractivity (Wildman–Crippen MR) is 97.2 cm³/mol. The fourth-order valence-electron chi connectivity index (χ4n) is 2.86. The normalized spacial score (nSPS) is 11.8. The van der Waals surface area contributed by atoms with E-state index in [0.717, 1.165) is 11.4 Å². The third-order valence-corrected chi connectivity index (χ3v) is 4.23. The maximum Gasteiger partial charge on any atom is 0.573 e. The van der Waals surface area contributed by atoms with E-state index in [9.17, 15) is 13.2 Å². The first-order valence-electron chi connectivity index (χ1n) is 8.79. The molecule has 0 fully saturated rings. The average molecular weight is 419 g/mol. The minimum absolute atomic E-state index is 0.101. The van der Waals surface area contributed by atoms with Gasteiger partial charge in [0, 0.05) is 12.6 Å². The van der Waals surface area contributed by atoms with Crippen LogP contribution in [0, 0.1) is 13.8 Å². The van der Waals surface area contributed by atoms with E-state index in [1.165, 1.54) is 24.3 Å². The second-order valence-electron chi connectivity index (χ2n) is 6.54. The van der Waals surface area contributed by atoms with Crippen molar-refractivity contribution in [2.75, 3.05) is 0 Å². The molecule has 0 amide bonds. The van der Waals surface area contributed by atoms with E-state index >= 15 is 0 Å². The molecule has 30 heavy (non-hydrogen) atoms. The van der Waals surface area contributed by atoms with Gasteiger partial charge in [-0.1, -0.05) is 5.16 Å². The van der Waals surface area contributed by atoms with Gasteiger partial charge in [0.05, 0.1) is 17.9 Å². The van der Waals surface area contributed by atoms with Crippen molar-refractivity contribution >= 4 is 0 Å². The summed E-state index contributed by atoms with van der Waals surface area (Å²) < 4.78 is 49.4. The zero-order chi connectivity index (χ0) is 21.5. The van der Waals surface area contributed by atoms with Crippen molar-refractivity contribution in [3.05, 3.63) is 47.5 Å². The molecule has 1 aromatic carbocycles. The van der Waals surface area contributed by atoms with Crippen LogP contribution in [0.4, 0.5) is 13.2 Å². The molecule has 0 atom stereocenters. The lowest BCUT2D eigenvalue weighted by Crippen LogP contribution is -2.16. The molecule has 12 heteroatoms. The van der Waals surface area contributed by atoms with Gasteiger partial charge in [0.2, 0.25) is 11.6 Å². The molecule has 3 heterocycles. The molecule has 0 bridgehead atoms. The molecular formula is C18H16F3N7O2. The van der Waals surface area contributed by atoms with Crippen molar-refractivity contribution in [1.82, 2.24) is 34.7 Å². The van der Waals surface area contributed by atoms with Gasteiger partial charge in [-0.2, -0.15) is 10.1 Å². The first kappa shape index (κ1) is 19.6. The lowest BCUT2D eigenvalue weighted by molar-refractivity contribution is -0.274. The van der Waals surface area contributed by atoms with E-state index < -0.39 is 6.36 Å². The van der Waals surface area contributed by atoms with Crippen LogP contribution in [0.15, 0.2) is 34.9 Å². The molecule has 4 rings (SSSR count). The summed E-state index contributed by atoms with van der Waals surface area (Å²) in [6, 6.07) is 7.10. The van der Waals surface area contributed by atoms with Crippen molar-refractivity contribution in [3.63, 3.8) is 0 Å². The van der Waals surface area contributed by atoms with E-state index in [1.807, 2.05) is 20.0 Å². The van der Waals surface area contributed by atoms with Crippen LogP contribution >= 0.6 is 0 Å². The number of nitrogens with zero attached hydrogens (tertiary/aromatic N) is 7. The van der Waals surface area contributed by atoms with Crippen molar-refractivity contribution in [1.29, 1.82) is 0 Å². The Kier molecular flexibility index (Phi) is 4.76. The standard InChI is InChI=1S/C18H16F3N7O2/c1-10-8-13(27(3)24-10)9-28-11(2)22-16(25-28)17-23-15(26-30-17)12-4-6-14(7-5-12)29-18(19,20)21/h4-8H,9H2,1-3H3. The lowest BCUT2D eigenvalue weighted by Gasteiger charge is -2.08. The number of hydrogen-bond donors (Lipinski definition) is 0. The fraction of sp³-hybridized carbons (Fsp3) is 0.278. The van der Waals surface area contributed by atoms with Gasteiger partial charge in [0.25, 0.3) is 5.89 Å². The minimum Gasteiger partial charge on any atom is -0.406 e. The van der Waals surface area contributed by atoms with Crippen LogP contribution in [-0.4, -0.2) is 41.0 Å². The Bertz CT molecular complexity index is 1180. The molecule has 0 saturated carbocycles. The molecular weight excluding hydrogens is 403 g/mol. The largest absolute Gasteiger partial charge is 0.573 e. The van der Waals surface area contributed by atoms with E-state index in [2.05, 4.69) is 30.1 Å². The molecule has 3 aromatic heterocycles. The highest BCUT2D eigenvalue weighted by Gasteiger charge is 2.31. The third kappa shape index (κ3) is 4.16. The highest BCUT2D eigenvalue weighted by atomic mass is 19.4. The van der Waals surface area contributed by atoms with Gasteiger partial charge in [-0.25, -0.2) is 9.67 Å². The minimum atomic E-state index is -4.75. The lowest BCUT2D eigenvalue weighted by atomic mass is 10.2. The van der Waals surface area contributed by atoms with Crippen LogP contribution in [0.1, 0.15) is 17.2 Å². The van der Waals surface area contributed by atoms with Crippen LogP contribution in [0.3, 0.4) is 0 Å². The van der Waals surface area contributed by atoms with Gasteiger partial charge in [0.1, 0.15) is 11.6 Å². The summed E-state index contributed by atoms with van der Waals surface area (Å²) in [5.74, 6) is 0.860. The number of halogens is 3. The summed E-state index contributed by atoms with van der Waals surface area (Å²) in [6.45, 7) is 4.18. The van der Waals surface area contributed by atoms with Crippen LogP contribution in [0.2, 0.25) is 0 Å². The summed E-state index contributed by atoms with van der Waals surface area (Å²) in [6.07, 6.45) is -4.75. The quantitative estimate of drug-likeness (QED) is 0.490. The van der Waals surface area contributed by atoms with Gasteiger partial charge in [-0.15, -0.1) is 18.3 Å². The number of rotatable bonds is 5. The number of ether oxygens (including phenoxy) is 1. The number of aromatic nitrogens is 7. The van der Waals surface area contributed by atoms with Crippen LogP contribution in [-0.2, 0) is 13.6 Å². The maximum absolute atomic E-state index is 12.3. The van der Waals surface area contributed by atoms with E-state index in [-0.39, 0.29) is 23.3 Å². The second kappa shape index (κ2) is 7.28.